The second-order valence-electron chi connectivity index (χ2n) is 3.24. The Hall–Kier alpha value is -0.470. The van der Waals surface area contributed by atoms with Crippen LogP contribution in [0.3, 0.4) is 0 Å². The van der Waals surface area contributed by atoms with Crippen molar-refractivity contribution in [3.8, 4) is 0 Å². The summed E-state index contributed by atoms with van der Waals surface area (Å²) >= 11 is 0. The molecule has 1 atom stereocenters. The maximum atomic E-state index is 12.5. The molecule has 0 saturated carbocycles. The molecule has 0 radical (unpaired) electrons. The summed E-state index contributed by atoms with van der Waals surface area (Å²) in [7, 11) is -2.70. The summed E-state index contributed by atoms with van der Waals surface area (Å²) in [6.45, 7) is 4.11. The summed E-state index contributed by atoms with van der Waals surface area (Å²) in [5.74, 6) is 0. The summed E-state index contributed by atoms with van der Waals surface area (Å²) in [4.78, 5) is 12.5. The molecule has 0 bridgehead atoms. The van der Waals surface area contributed by atoms with E-state index in [-0.39, 0.29) is 0 Å². The smallest absolute Gasteiger partial charge is 0.207 e. The standard InChI is InChI=1S/C10H14NO2P/c1-2-11-8-9-13-14(11,12)10-6-4-3-5-7-10/h3-7H,2,8-9H2,1H3. The minimum atomic E-state index is -2.70. The van der Waals surface area contributed by atoms with E-state index in [1.807, 2.05) is 41.9 Å². The van der Waals surface area contributed by atoms with Gasteiger partial charge in [0, 0.05) is 6.54 Å². The van der Waals surface area contributed by atoms with Crippen molar-refractivity contribution in [2.75, 3.05) is 19.7 Å². The van der Waals surface area contributed by atoms with Gasteiger partial charge in [0.1, 0.15) is 11.9 Å². The highest BCUT2D eigenvalue weighted by atomic mass is 31.2. The average Bonchev–Trinajstić information content (AvgIpc) is 2.62. The summed E-state index contributed by atoms with van der Waals surface area (Å²) in [6, 6.07) is 9.44. The van der Waals surface area contributed by atoms with E-state index in [9.17, 15) is 4.89 Å². The van der Waals surface area contributed by atoms with Gasteiger partial charge >= 0.3 is 0 Å². The largest absolute Gasteiger partial charge is 0.637 e. The predicted octanol–water partition coefficient (Wildman–Crippen LogP) is 0.787. The van der Waals surface area contributed by atoms with Crippen LogP contribution in [0.5, 0.6) is 0 Å². The third-order valence-electron chi connectivity index (χ3n) is 2.44. The number of likely N-dealkylation sites (N-methyl/N-ethyl adjacent to an activating group) is 1. The molecule has 0 aliphatic carbocycles. The molecular weight excluding hydrogens is 197 g/mol. The van der Waals surface area contributed by atoms with E-state index in [1.54, 1.807) is 0 Å². The Balaban J connectivity index is 2.31. The topological polar surface area (TPSA) is 35.5 Å². The number of hydrogen-bond acceptors (Lipinski definition) is 3. The normalized spacial score (nSPS) is 28.1. The summed E-state index contributed by atoms with van der Waals surface area (Å²) in [5, 5.41) is 0.805. The molecule has 0 amide bonds. The molecule has 3 nitrogen and oxygen atoms in total. The van der Waals surface area contributed by atoms with Crippen molar-refractivity contribution in [3.05, 3.63) is 30.3 Å². The van der Waals surface area contributed by atoms with Gasteiger partial charge in [-0.05, 0) is 19.1 Å². The van der Waals surface area contributed by atoms with E-state index in [1.165, 1.54) is 0 Å². The molecule has 2 rings (SSSR count). The molecule has 1 heterocycles. The van der Waals surface area contributed by atoms with Crippen LogP contribution in [0.2, 0.25) is 0 Å². The molecule has 1 aliphatic heterocycles. The zero-order chi connectivity index (χ0) is 10.0. The first-order valence-corrected chi connectivity index (χ1v) is 6.41. The average molecular weight is 211 g/mol. The van der Waals surface area contributed by atoms with Crippen LogP contribution in [0.15, 0.2) is 30.3 Å². The highest BCUT2D eigenvalue weighted by Crippen LogP contribution is 2.56. The Morgan fingerprint density at radius 3 is 2.79 bits per heavy atom. The lowest BCUT2D eigenvalue weighted by Gasteiger charge is -2.30. The van der Waals surface area contributed by atoms with E-state index in [0.717, 1.165) is 18.4 Å². The van der Waals surface area contributed by atoms with Crippen LogP contribution < -0.4 is 10.2 Å². The quantitative estimate of drug-likeness (QED) is 0.678. The van der Waals surface area contributed by atoms with Crippen molar-refractivity contribution in [1.29, 1.82) is 0 Å². The summed E-state index contributed by atoms with van der Waals surface area (Å²) in [6.07, 6.45) is 0. The lowest BCUT2D eigenvalue weighted by Crippen LogP contribution is -2.33. The lowest BCUT2D eigenvalue weighted by atomic mass is 10.4. The molecule has 1 aromatic carbocycles. The maximum absolute atomic E-state index is 12.5. The predicted molar refractivity (Wildman–Crippen MR) is 56.2 cm³/mol. The van der Waals surface area contributed by atoms with Crippen molar-refractivity contribution in [3.63, 3.8) is 0 Å². The Morgan fingerprint density at radius 1 is 1.43 bits per heavy atom. The van der Waals surface area contributed by atoms with Crippen molar-refractivity contribution in [1.82, 2.24) is 4.67 Å². The minimum absolute atomic E-state index is 0.569. The molecule has 0 N–H and O–H groups in total. The van der Waals surface area contributed by atoms with E-state index in [4.69, 9.17) is 4.52 Å². The Labute approximate surface area is 84.9 Å². The van der Waals surface area contributed by atoms with Crippen molar-refractivity contribution < 1.29 is 9.42 Å². The number of nitrogens with zero attached hydrogens (tertiary/aromatic N) is 1. The Bertz CT molecular complexity index is 306. The molecule has 1 aromatic rings. The fourth-order valence-electron chi connectivity index (χ4n) is 1.68. The molecular formula is C10H14NO2P. The minimum Gasteiger partial charge on any atom is -0.637 e. The van der Waals surface area contributed by atoms with Crippen LogP contribution in [0.4, 0.5) is 0 Å². The van der Waals surface area contributed by atoms with Crippen LogP contribution in [0.1, 0.15) is 6.92 Å². The van der Waals surface area contributed by atoms with Crippen LogP contribution in [0.25, 0.3) is 0 Å². The Kier molecular flexibility index (Phi) is 2.84. The molecule has 4 heteroatoms. The first kappa shape index (κ1) is 10.1. The van der Waals surface area contributed by atoms with Gasteiger partial charge in [0.25, 0.3) is 0 Å². The SMILES string of the molecule is CCN1CCO[P+]1([O-])c1ccccc1. The van der Waals surface area contributed by atoms with E-state index >= 15 is 0 Å². The molecule has 0 aromatic heterocycles. The summed E-state index contributed by atoms with van der Waals surface area (Å²) in [5.41, 5.74) is 0. The molecule has 14 heavy (non-hydrogen) atoms. The lowest BCUT2D eigenvalue weighted by molar-refractivity contribution is -0.194. The van der Waals surface area contributed by atoms with Crippen LogP contribution >= 0.6 is 7.87 Å². The van der Waals surface area contributed by atoms with Gasteiger partial charge < -0.3 is 4.89 Å². The highest BCUT2D eigenvalue weighted by molar-refractivity contribution is 7.69. The molecule has 1 aliphatic rings. The van der Waals surface area contributed by atoms with E-state index < -0.39 is 7.87 Å². The third-order valence-corrected chi connectivity index (χ3v) is 5.15. The van der Waals surface area contributed by atoms with Gasteiger partial charge in [-0.1, -0.05) is 18.2 Å². The second-order valence-corrected chi connectivity index (χ2v) is 5.62. The number of hydrogen-bond donors (Lipinski definition) is 0. The molecule has 1 unspecified atom stereocenters. The molecule has 1 fully saturated rings. The van der Waals surface area contributed by atoms with Gasteiger partial charge in [0.05, 0.1) is 6.54 Å². The third kappa shape index (κ3) is 1.57. The zero-order valence-electron chi connectivity index (χ0n) is 8.22. The van der Waals surface area contributed by atoms with Gasteiger partial charge in [-0.25, -0.2) is 4.52 Å². The fourth-order valence-corrected chi connectivity index (χ4v) is 3.92. The first-order valence-electron chi connectivity index (χ1n) is 4.83. The first-order chi connectivity index (χ1) is 6.77. The fraction of sp³-hybridized carbons (Fsp3) is 0.400. The van der Waals surface area contributed by atoms with E-state index in [2.05, 4.69) is 0 Å². The van der Waals surface area contributed by atoms with Gasteiger partial charge in [0.15, 0.2) is 0 Å². The van der Waals surface area contributed by atoms with Crippen LogP contribution in [0, 0.1) is 0 Å². The monoisotopic (exact) mass is 211 g/mol. The van der Waals surface area contributed by atoms with Gasteiger partial charge in [-0.15, -0.1) is 0 Å². The van der Waals surface area contributed by atoms with Gasteiger partial charge in [-0.3, -0.25) is 0 Å². The summed E-state index contributed by atoms with van der Waals surface area (Å²) < 4.78 is 7.33. The molecule has 76 valence electrons. The maximum Gasteiger partial charge on any atom is 0.207 e. The van der Waals surface area contributed by atoms with Crippen molar-refractivity contribution in [2.45, 2.75) is 6.92 Å². The molecule has 1 saturated heterocycles. The van der Waals surface area contributed by atoms with Gasteiger partial charge in [-0.2, -0.15) is 4.67 Å². The second kappa shape index (κ2) is 3.95. The van der Waals surface area contributed by atoms with Crippen molar-refractivity contribution in [2.24, 2.45) is 0 Å². The van der Waals surface area contributed by atoms with Crippen LogP contribution in [-0.2, 0) is 4.52 Å². The van der Waals surface area contributed by atoms with Crippen molar-refractivity contribution >= 4 is 13.2 Å². The highest BCUT2D eigenvalue weighted by Gasteiger charge is 2.43. The van der Waals surface area contributed by atoms with Gasteiger partial charge in [0.2, 0.25) is 7.87 Å². The van der Waals surface area contributed by atoms with E-state index in [0.29, 0.717) is 6.61 Å². The number of benzene rings is 1. The Morgan fingerprint density at radius 2 is 2.14 bits per heavy atom. The zero-order valence-corrected chi connectivity index (χ0v) is 9.11. The van der Waals surface area contributed by atoms with Crippen LogP contribution in [-0.4, -0.2) is 24.4 Å². The number of rotatable bonds is 2. The molecule has 0 spiro atoms.